The minimum atomic E-state index is -0.179. The quantitative estimate of drug-likeness (QED) is 0.258. The van der Waals surface area contributed by atoms with Crippen molar-refractivity contribution in [3.63, 3.8) is 0 Å². The number of aliphatic hydroxyl groups is 1. The maximum atomic E-state index is 10.9. The third kappa shape index (κ3) is 15.6. The highest BCUT2D eigenvalue weighted by Crippen LogP contribution is 2.12. The van der Waals surface area contributed by atoms with E-state index in [-0.39, 0.29) is 12.1 Å². The summed E-state index contributed by atoms with van der Waals surface area (Å²) in [5.74, 6) is -0.106. The molecule has 0 bridgehead atoms. The molecule has 0 heterocycles. The highest BCUT2D eigenvalue weighted by molar-refractivity contribution is 5.68. The molecule has 130 valence electrons. The standard InChI is InChI=1S/C19H36O3/c1-3-4-5-6-9-12-15-18(20)16-13-10-7-8-11-14-17-19(21)22-2/h9,12,18,20H,3-8,10-11,13-17H2,1-2H3/b12-9-. The third-order valence-corrected chi connectivity index (χ3v) is 3.95. The lowest BCUT2D eigenvalue weighted by Gasteiger charge is -2.07. The maximum Gasteiger partial charge on any atom is 0.305 e. The average molecular weight is 312 g/mol. The van der Waals surface area contributed by atoms with E-state index in [4.69, 9.17) is 0 Å². The number of hydrogen-bond acceptors (Lipinski definition) is 3. The summed E-state index contributed by atoms with van der Waals surface area (Å²) in [6.45, 7) is 2.21. The molecule has 0 aromatic rings. The van der Waals surface area contributed by atoms with Crippen LogP contribution in [-0.2, 0) is 9.53 Å². The zero-order valence-electron chi connectivity index (χ0n) is 14.7. The Kier molecular flexibility index (Phi) is 15.9. The van der Waals surface area contributed by atoms with Crippen LogP contribution >= 0.6 is 0 Å². The fourth-order valence-electron chi connectivity index (χ4n) is 2.46. The summed E-state index contributed by atoms with van der Waals surface area (Å²) < 4.78 is 4.61. The number of aliphatic hydroxyl groups excluding tert-OH is 1. The first-order valence-electron chi connectivity index (χ1n) is 9.10. The molecule has 0 saturated heterocycles. The van der Waals surface area contributed by atoms with Gasteiger partial charge in [-0.15, -0.1) is 0 Å². The molecule has 0 radical (unpaired) electrons. The van der Waals surface area contributed by atoms with Gasteiger partial charge in [0.15, 0.2) is 0 Å². The van der Waals surface area contributed by atoms with Gasteiger partial charge in [0.05, 0.1) is 13.2 Å². The van der Waals surface area contributed by atoms with Crippen molar-refractivity contribution in [1.29, 1.82) is 0 Å². The van der Waals surface area contributed by atoms with Gasteiger partial charge in [-0.25, -0.2) is 0 Å². The predicted molar refractivity (Wildman–Crippen MR) is 92.9 cm³/mol. The predicted octanol–water partition coefficient (Wildman–Crippen LogP) is 5.17. The number of methoxy groups -OCH3 is 1. The zero-order valence-corrected chi connectivity index (χ0v) is 14.7. The first-order valence-corrected chi connectivity index (χ1v) is 9.10. The Hall–Kier alpha value is -0.830. The Morgan fingerprint density at radius 3 is 2.36 bits per heavy atom. The van der Waals surface area contributed by atoms with Crippen molar-refractivity contribution < 1.29 is 14.6 Å². The Morgan fingerprint density at radius 1 is 1.00 bits per heavy atom. The number of rotatable bonds is 15. The van der Waals surface area contributed by atoms with Crippen LogP contribution in [0, 0.1) is 0 Å². The number of carbonyl (C=O) groups excluding carboxylic acids is 1. The lowest BCUT2D eigenvalue weighted by molar-refractivity contribution is -0.140. The maximum absolute atomic E-state index is 10.9. The number of carbonyl (C=O) groups is 1. The van der Waals surface area contributed by atoms with E-state index < -0.39 is 0 Å². The van der Waals surface area contributed by atoms with Crippen LogP contribution in [-0.4, -0.2) is 24.3 Å². The average Bonchev–Trinajstić information content (AvgIpc) is 2.52. The second kappa shape index (κ2) is 16.5. The van der Waals surface area contributed by atoms with Crippen molar-refractivity contribution in [2.45, 2.75) is 96.5 Å². The van der Waals surface area contributed by atoms with Crippen LogP contribution in [0.1, 0.15) is 90.4 Å². The Labute approximate surface area is 137 Å². The van der Waals surface area contributed by atoms with Gasteiger partial charge in [0, 0.05) is 6.42 Å². The van der Waals surface area contributed by atoms with Gasteiger partial charge in [-0.3, -0.25) is 4.79 Å². The summed E-state index contributed by atoms with van der Waals surface area (Å²) in [7, 11) is 1.44. The Bertz CT molecular complexity index is 274. The minimum Gasteiger partial charge on any atom is -0.469 e. The Balaban J connectivity index is 3.27. The van der Waals surface area contributed by atoms with Crippen LogP contribution in [0.5, 0.6) is 0 Å². The van der Waals surface area contributed by atoms with Crippen LogP contribution in [0.25, 0.3) is 0 Å². The van der Waals surface area contributed by atoms with Crippen LogP contribution in [0.4, 0.5) is 0 Å². The first-order chi connectivity index (χ1) is 10.7. The van der Waals surface area contributed by atoms with E-state index in [0.29, 0.717) is 6.42 Å². The molecule has 0 saturated carbocycles. The molecule has 0 aromatic heterocycles. The van der Waals surface area contributed by atoms with Crippen molar-refractivity contribution in [2.24, 2.45) is 0 Å². The molecule has 22 heavy (non-hydrogen) atoms. The summed E-state index contributed by atoms with van der Waals surface area (Å²) in [6.07, 6.45) is 18.0. The monoisotopic (exact) mass is 312 g/mol. The van der Waals surface area contributed by atoms with Crippen molar-refractivity contribution in [3.05, 3.63) is 12.2 Å². The van der Waals surface area contributed by atoms with Gasteiger partial charge < -0.3 is 9.84 Å². The number of esters is 1. The van der Waals surface area contributed by atoms with Crippen molar-refractivity contribution in [2.75, 3.05) is 7.11 Å². The van der Waals surface area contributed by atoms with Crippen molar-refractivity contribution in [1.82, 2.24) is 0 Å². The van der Waals surface area contributed by atoms with Crippen LogP contribution in [0.3, 0.4) is 0 Å². The first kappa shape index (κ1) is 21.2. The zero-order chi connectivity index (χ0) is 16.5. The van der Waals surface area contributed by atoms with Gasteiger partial charge in [0.1, 0.15) is 0 Å². The molecule has 0 rings (SSSR count). The number of ether oxygens (including phenoxy) is 1. The Morgan fingerprint density at radius 2 is 1.68 bits per heavy atom. The minimum absolute atomic E-state index is 0.106. The normalized spacial score (nSPS) is 12.7. The lowest BCUT2D eigenvalue weighted by Crippen LogP contribution is -2.04. The smallest absolute Gasteiger partial charge is 0.305 e. The van der Waals surface area contributed by atoms with E-state index in [9.17, 15) is 9.90 Å². The summed E-state index contributed by atoms with van der Waals surface area (Å²) in [5, 5.41) is 9.88. The third-order valence-electron chi connectivity index (χ3n) is 3.95. The molecule has 1 unspecified atom stereocenters. The molecular weight excluding hydrogens is 276 g/mol. The molecule has 0 spiro atoms. The summed E-state index contributed by atoms with van der Waals surface area (Å²) in [4.78, 5) is 10.9. The fraction of sp³-hybridized carbons (Fsp3) is 0.842. The van der Waals surface area contributed by atoms with E-state index in [1.807, 2.05) is 0 Å². The summed E-state index contributed by atoms with van der Waals surface area (Å²) in [6, 6.07) is 0. The molecule has 1 N–H and O–H groups in total. The molecule has 0 aliphatic carbocycles. The van der Waals surface area contributed by atoms with E-state index >= 15 is 0 Å². The molecular formula is C19H36O3. The van der Waals surface area contributed by atoms with Crippen LogP contribution < -0.4 is 0 Å². The second-order valence-electron chi connectivity index (χ2n) is 6.09. The largest absolute Gasteiger partial charge is 0.469 e. The van der Waals surface area contributed by atoms with E-state index in [0.717, 1.165) is 38.5 Å². The number of hydrogen-bond donors (Lipinski definition) is 1. The van der Waals surface area contributed by atoms with Crippen LogP contribution in [0.2, 0.25) is 0 Å². The van der Waals surface area contributed by atoms with E-state index in [1.54, 1.807) is 0 Å². The molecule has 1 atom stereocenters. The van der Waals surface area contributed by atoms with Gasteiger partial charge in [-0.05, 0) is 32.1 Å². The molecule has 0 aromatic carbocycles. The molecule has 0 aliphatic rings. The highest BCUT2D eigenvalue weighted by atomic mass is 16.5. The molecule has 0 amide bonds. The van der Waals surface area contributed by atoms with E-state index in [2.05, 4.69) is 23.8 Å². The van der Waals surface area contributed by atoms with Gasteiger partial charge in [-0.2, -0.15) is 0 Å². The van der Waals surface area contributed by atoms with Crippen LogP contribution in [0.15, 0.2) is 12.2 Å². The van der Waals surface area contributed by atoms with Gasteiger partial charge in [0.25, 0.3) is 0 Å². The summed E-state index contributed by atoms with van der Waals surface area (Å²) >= 11 is 0. The number of allylic oxidation sites excluding steroid dienone is 1. The highest BCUT2D eigenvalue weighted by Gasteiger charge is 2.02. The van der Waals surface area contributed by atoms with Gasteiger partial charge in [-0.1, -0.05) is 64.0 Å². The molecule has 3 heteroatoms. The number of unbranched alkanes of at least 4 members (excludes halogenated alkanes) is 8. The molecule has 0 fully saturated rings. The lowest BCUT2D eigenvalue weighted by atomic mass is 10.0. The summed E-state index contributed by atoms with van der Waals surface area (Å²) in [5.41, 5.74) is 0. The van der Waals surface area contributed by atoms with Crippen molar-refractivity contribution >= 4 is 5.97 Å². The molecule has 3 nitrogen and oxygen atoms in total. The molecule has 0 aliphatic heterocycles. The van der Waals surface area contributed by atoms with E-state index in [1.165, 1.54) is 45.6 Å². The fourth-order valence-corrected chi connectivity index (χ4v) is 2.46. The SMILES string of the molecule is CCCCC/C=C\CC(O)CCCCCCCCC(=O)OC. The topological polar surface area (TPSA) is 46.5 Å². The van der Waals surface area contributed by atoms with Gasteiger partial charge >= 0.3 is 5.97 Å². The van der Waals surface area contributed by atoms with Gasteiger partial charge in [0.2, 0.25) is 0 Å². The second-order valence-corrected chi connectivity index (χ2v) is 6.09. The van der Waals surface area contributed by atoms with Crippen molar-refractivity contribution in [3.8, 4) is 0 Å².